The Morgan fingerprint density at radius 1 is 0.938 bits per heavy atom. The third-order valence-corrected chi connectivity index (χ3v) is 4.25. The molecule has 0 aromatic heterocycles. The lowest BCUT2D eigenvalue weighted by Crippen LogP contribution is -2.21. The van der Waals surface area contributed by atoms with E-state index in [2.05, 4.69) is 27.7 Å². The molecule has 0 spiro atoms. The zero-order valence-corrected chi connectivity index (χ0v) is 12.0. The molecule has 0 aliphatic carbocycles. The predicted molar refractivity (Wildman–Crippen MR) is 74.5 cm³/mol. The summed E-state index contributed by atoms with van der Waals surface area (Å²) in [5.41, 5.74) is 5.74. The van der Waals surface area contributed by atoms with Crippen LogP contribution < -0.4 is 5.73 Å². The van der Waals surface area contributed by atoms with Gasteiger partial charge in [-0.25, -0.2) is 0 Å². The number of hydrogen-bond donors (Lipinski definition) is 1. The van der Waals surface area contributed by atoms with Crippen LogP contribution in [0.25, 0.3) is 0 Å². The number of hydrogen-bond acceptors (Lipinski definition) is 1. The van der Waals surface area contributed by atoms with Gasteiger partial charge in [0, 0.05) is 0 Å². The van der Waals surface area contributed by atoms with E-state index in [0.717, 1.165) is 24.3 Å². The number of nitrogens with two attached hydrogens (primary N) is 1. The molecular formula is C15H33N. The monoisotopic (exact) mass is 227 g/mol. The van der Waals surface area contributed by atoms with Gasteiger partial charge in [-0.2, -0.15) is 0 Å². The molecule has 3 unspecified atom stereocenters. The summed E-state index contributed by atoms with van der Waals surface area (Å²) in [7, 11) is 0. The molecule has 0 aromatic rings. The van der Waals surface area contributed by atoms with E-state index < -0.39 is 0 Å². The molecule has 0 aliphatic heterocycles. The minimum absolute atomic E-state index is 0.843. The van der Waals surface area contributed by atoms with Crippen molar-refractivity contribution in [3.05, 3.63) is 0 Å². The molecule has 0 radical (unpaired) electrons. The summed E-state index contributed by atoms with van der Waals surface area (Å²) in [5.74, 6) is 2.55. The Labute approximate surface area is 103 Å². The van der Waals surface area contributed by atoms with Crippen molar-refractivity contribution in [3.63, 3.8) is 0 Å². The quantitative estimate of drug-likeness (QED) is 0.542. The average molecular weight is 227 g/mol. The molecule has 3 atom stereocenters. The van der Waals surface area contributed by atoms with Crippen molar-refractivity contribution < 1.29 is 0 Å². The van der Waals surface area contributed by atoms with Crippen molar-refractivity contribution in [3.8, 4) is 0 Å². The number of rotatable bonds is 10. The first-order chi connectivity index (χ1) is 7.67. The highest BCUT2D eigenvalue weighted by atomic mass is 14.5. The minimum atomic E-state index is 0.843. The van der Waals surface area contributed by atoms with Crippen LogP contribution in [0.4, 0.5) is 0 Å². The van der Waals surface area contributed by atoms with Crippen molar-refractivity contribution in [2.75, 3.05) is 6.54 Å². The predicted octanol–water partition coefficient (Wildman–Crippen LogP) is 4.60. The summed E-state index contributed by atoms with van der Waals surface area (Å²) in [4.78, 5) is 0. The second kappa shape index (κ2) is 10.1. The Kier molecular flexibility index (Phi) is 10.1. The second-order valence-corrected chi connectivity index (χ2v) is 5.43. The molecule has 0 heterocycles. The molecule has 0 fully saturated rings. The third-order valence-electron chi connectivity index (χ3n) is 4.25. The Balaban J connectivity index is 3.94. The van der Waals surface area contributed by atoms with Gasteiger partial charge in [-0.15, -0.1) is 0 Å². The molecule has 1 nitrogen and oxygen atoms in total. The summed E-state index contributed by atoms with van der Waals surface area (Å²) >= 11 is 0. The molecule has 0 saturated heterocycles. The maximum atomic E-state index is 5.74. The first-order valence-electron chi connectivity index (χ1n) is 7.37. The van der Waals surface area contributed by atoms with Gasteiger partial charge in [0.25, 0.3) is 0 Å². The van der Waals surface area contributed by atoms with E-state index in [-0.39, 0.29) is 0 Å². The van der Waals surface area contributed by atoms with Gasteiger partial charge in [0.2, 0.25) is 0 Å². The van der Waals surface area contributed by atoms with Crippen LogP contribution in [0.2, 0.25) is 0 Å². The van der Waals surface area contributed by atoms with Crippen molar-refractivity contribution in [1.29, 1.82) is 0 Å². The lowest BCUT2D eigenvalue weighted by molar-refractivity contribution is 0.228. The Morgan fingerprint density at radius 3 is 2.12 bits per heavy atom. The molecule has 0 bridgehead atoms. The lowest BCUT2D eigenvalue weighted by Gasteiger charge is -2.28. The van der Waals surface area contributed by atoms with Gasteiger partial charge in [0.15, 0.2) is 0 Å². The summed E-state index contributed by atoms with van der Waals surface area (Å²) in [6, 6.07) is 0. The van der Waals surface area contributed by atoms with Crippen LogP contribution in [0.1, 0.15) is 72.6 Å². The van der Waals surface area contributed by atoms with Gasteiger partial charge in [-0.3, -0.25) is 0 Å². The van der Waals surface area contributed by atoms with Crippen LogP contribution in [-0.4, -0.2) is 6.54 Å². The van der Waals surface area contributed by atoms with Gasteiger partial charge in [-0.1, -0.05) is 66.2 Å². The molecule has 16 heavy (non-hydrogen) atoms. The van der Waals surface area contributed by atoms with Crippen LogP contribution in [0.5, 0.6) is 0 Å². The van der Waals surface area contributed by atoms with E-state index in [1.54, 1.807) is 0 Å². The van der Waals surface area contributed by atoms with Gasteiger partial charge >= 0.3 is 0 Å². The fourth-order valence-electron chi connectivity index (χ4n) is 2.55. The maximum Gasteiger partial charge on any atom is -0.00745 e. The second-order valence-electron chi connectivity index (χ2n) is 5.43. The topological polar surface area (TPSA) is 26.0 Å². The summed E-state index contributed by atoms with van der Waals surface area (Å²) in [6.07, 6.45) is 9.46. The van der Waals surface area contributed by atoms with Gasteiger partial charge in [-0.05, 0) is 30.7 Å². The summed E-state index contributed by atoms with van der Waals surface area (Å²) < 4.78 is 0. The third kappa shape index (κ3) is 6.52. The van der Waals surface area contributed by atoms with Crippen LogP contribution in [0.3, 0.4) is 0 Å². The normalized spacial score (nSPS) is 17.1. The van der Waals surface area contributed by atoms with E-state index in [4.69, 9.17) is 5.73 Å². The largest absolute Gasteiger partial charge is 0.330 e. The Bertz CT molecular complexity index is 144. The fraction of sp³-hybridized carbons (Fsp3) is 1.00. The van der Waals surface area contributed by atoms with Crippen molar-refractivity contribution in [2.45, 2.75) is 72.6 Å². The van der Waals surface area contributed by atoms with Crippen molar-refractivity contribution >= 4 is 0 Å². The summed E-state index contributed by atoms with van der Waals surface area (Å²) in [5, 5.41) is 0. The van der Waals surface area contributed by atoms with E-state index >= 15 is 0 Å². The highest BCUT2D eigenvalue weighted by Gasteiger charge is 2.20. The first kappa shape index (κ1) is 16.0. The van der Waals surface area contributed by atoms with Crippen LogP contribution >= 0.6 is 0 Å². The maximum absolute atomic E-state index is 5.74. The van der Waals surface area contributed by atoms with E-state index in [1.807, 2.05) is 0 Å². The van der Waals surface area contributed by atoms with Crippen molar-refractivity contribution in [1.82, 2.24) is 0 Å². The summed E-state index contributed by atoms with van der Waals surface area (Å²) in [6.45, 7) is 10.3. The van der Waals surface area contributed by atoms with Crippen molar-refractivity contribution in [2.24, 2.45) is 23.5 Å². The van der Waals surface area contributed by atoms with Gasteiger partial charge < -0.3 is 5.73 Å². The average Bonchev–Trinajstić information content (AvgIpc) is 2.31. The molecular weight excluding hydrogens is 194 g/mol. The molecule has 0 aromatic carbocycles. The highest BCUT2D eigenvalue weighted by Crippen LogP contribution is 2.29. The molecule has 0 aliphatic rings. The molecule has 2 N–H and O–H groups in total. The smallest absolute Gasteiger partial charge is 0.00745 e. The molecule has 0 rings (SSSR count). The lowest BCUT2D eigenvalue weighted by atomic mass is 9.78. The van der Waals surface area contributed by atoms with Crippen LogP contribution in [0, 0.1) is 17.8 Å². The minimum Gasteiger partial charge on any atom is -0.330 e. The zero-order valence-electron chi connectivity index (χ0n) is 12.0. The van der Waals surface area contributed by atoms with Gasteiger partial charge in [0.05, 0.1) is 0 Å². The number of unbranched alkanes of at least 4 members (excludes halogenated alkanes) is 3. The molecule has 98 valence electrons. The van der Waals surface area contributed by atoms with E-state index in [1.165, 1.54) is 44.9 Å². The zero-order chi connectivity index (χ0) is 12.4. The Morgan fingerprint density at radius 2 is 1.62 bits per heavy atom. The molecule has 1 heteroatoms. The van der Waals surface area contributed by atoms with Crippen LogP contribution in [0.15, 0.2) is 0 Å². The first-order valence-corrected chi connectivity index (χ1v) is 7.37. The molecule has 0 saturated carbocycles. The highest BCUT2D eigenvalue weighted by molar-refractivity contribution is 4.71. The fourth-order valence-corrected chi connectivity index (χ4v) is 2.55. The SMILES string of the molecule is CCCCCCC(CCN)C(C)C(C)CC. The molecule has 0 amide bonds. The van der Waals surface area contributed by atoms with E-state index in [0.29, 0.717) is 0 Å². The standard InChI is InChI=1S/C15H33N/c1-5-7-8-9-10-15(11-12-16)14(4)13(3)6-2/h13-15H,5-12,16H2,1-4H3. The Hall–Kier alpha value is -0.0400. The van der Waals surface area contributed by atoms with Crippen LogP contribution in [-0.2, 0) is 0 Å². The van der Waals surface area contributed by atoms with Gasteiger partial charge in [0.1, 0.15) is 0 Å². The van der Waals surface area contributed by atoms with E-state index in [9.17, 15) is 0 Å².